The first-order chi connectivity index (χ1) is 7.15. The van der Waals surface area contributed by atoms with Crippen LogP contribution >= 0.6 is 0 Å². The van der Waals surface area contributed by atoms with E-state index in [0.29, 0.717) is 17.9 Å². The summed E-state index contributed by atoms with van der Waals surface area (Å²) in [5.41, 5.74) is 1.30. The number of nitrogens with one attached hydrogen (secondary N) is 1. The lowest BCUT2D eigenvalue weighted by Gasteiger charge is -2.06. The largest absolute Gasteiger partial charge is 0.352 e. The molecule has 0 radical (unpaired) electrons. The zero-order chi connectivity index (χ0) is 11.3. The smallest absolute Gasteiger partial charge is 0.254 e. The second-order valence-electron chi connectivity index (χ2n) is 3.53. The Morgan fingerprint density at radius 3 is 2.80 bits per heavy atom. The fraction of sp³-hybridized carbons (Fsp3) is 0.545. The Hall–Kier alpha value is -1.45. The monoisotopic (exact) mass is 207 g/mol. The van der Waals surface area contributed by atoms with E-state index in [2.05, 4.69) is 22.2 Å². The Labute approximate surface area is 90.1 Å². The SMILES string of the molecule is CCCCNC(=O)c1cnc(C)nc1C. The van der Waals surface area contributed by atoms with Gasteiger partial charge in [-0.15, -0.1) is 0 Å². The van der Waals surface area contributed by atoms with Crippen LogP contribution in [0.4, 0.5) is 0 Å². The number of aromatic nitrogens is 2. The third-order valence-electron chi connectivity index (χ3n) is 2.16. The number of carbonyl (C=O) groups is 1. The van der Waals surface area contributed by atoms with E-state index in [-0.39, 0.29) is 5.91 Å². The lowest BCUT2D eigenvalue weighted by atomic mass is 10.2. The van der Waals surface area contributed by atoms with E-state index in [0.717, 1.165) is 18.5 Å². The molecular formula is C11H17N3O. The van der Waals surface area contributed by atoms with E-state index in [9.17, 15) is 4.79 Å². The standard InChI is InChI=1S/C11H17N3O/c1-4-5-6-12-11(15)10-7-13-9(3)14-8(10)2/h7H,4-6H2,1-3H3,(H,12,15). The third-order valence-corrected chi connectivity index (χ3v) is 2.16. The van der Waals surface area contributed by atoms with Crippen molar-refractivity contribution in [1.82, 2.24) is 15.3 Å². The zero-order valence-corrected chi connectivity index (χ0v) is 9.50. The van der Waals surface area contributed by atoms with Crippen molar-refractivity contribution in [2.45, 2.75) is 33.6 Å². The molecule has 0 aliphatic carbocycles. The van der Waals surface area contributed by atoms with Gasteiger partial charge in [-0.1, -0.05) is 13.3 Å². The van der Waals surface area contributed by atoms with Gasteiger partial charge in [-0.05, 0) is 20.3 Å². The van der Waals surface area contributed by atoms with Gasteiger partial charge in [-0.25, -0.2) is 9.97 Å². The van der Waals surface area contributed by atoms with Gasteiger partial charge in [-0.3, -0.25) is 4.79 Å². The molecule has 0 saturated heterocycles. The molecule has 0 atom stereocenters. The lowest BCUT2D eigenvalue weighted by molar-refractivity contribution is 0.0951. The van der Waals surface area contributed by atoms with Crippen LogP contribution in [-0.2, 0) is 0 Å². The van der Waals surface area contributed by atoms with E-state index in [1.165, 1.54) is 0 Å². The molecule has 0 bridgehead atoms. The van der Waals surface area contributed by atoms with Crippen molar-refractivity contribution >= 4 is 5.91 Å². The fourth-order valence-corrected chi connectivity index (χ4v) is 1.28. The molecule has 82 valence electrons. The molecule has 4 nitrogen and oxygen atoms in total. The molecule has 0 fully saturated rings. The maximum atomic E-state index is 11.7. The Morgan fingerprint density at radius 2 is 2.20 bits per heavy atom. The maximum Gasteiger partial charge on any atom is 0.254 e. The number of unbranched alkanes of at least 4 members (excludes halogenated alkanes) is 1. The summed E-state index contributed by atoms with van der Waals surface area (Å²) < 4.78 is 0. The zero-order valence-electron chi connectivity index (χ0n) is 9.50. The van der Waals surface area contributed by atoms with Crippen molar-refractivity contribution in [2.24, 2.45) is 0 Å². The first-order valence-corrected chi connectivity index (χ1v) is 5.23. The van der Waals surface area contributed by atoms with Crippen LogP contribution in [0.5, 0.6) is 0 Å². The number of rotatable bonds is 4. The van der Waals surface area contributed by atoms with Crippen molar-refractivity contribution in [1.29, 1.82) is 0 Å². The number of hydrogen-bond donors (Lipinski definition) is 1. The third kappa shape index (κ3) is 3.31. The molecule has 0 unspecified atom stereocenters. The fourth-order valence-electron chi connectivity index (χ4n) is 1.28. The van der Waals surface area contributed by atoms with Crippen molar-refractivity contribution in [2.75, 3.05) is 6.54 Å². The summed E-state index contributed by atoms with van der Waals surface area (Å²) in [6.45, 7) is 6.43. The Bertz CT molecular complexity index is 350. The summed E-state index contributed by atoms with van der Waals surface area (Å²) in [6.07, 6.45) is 3.65. The second-order valence-corrected chi connectivity index (χ2v) is 3.53. The highest BCUT2D eigenvalue weighted by atomic mass is 16.1. The Balaban J connectivity index is 2.65. The van der Waals surface area contributed by atoms with Crippen LogP contribution in [0.15, 0.2) is 6.20 Å². The summed E-state index contributed by atoms with van der Waals surface area (Å²) >= 11 is 0. The van der Waals surface area contributed by atoms with Crippen molar-refractivity contribution in [3.8, 4) is 0 Å². The molecule has 1 aromatic rings. The molecule has 4 heteroatoms. The predicted molar refractivity (Wildman–Crippen MR) is 58.7 cm³/mol. The molecule has 0 spiro atoms. The minimum atomic E-state index is -0.0825. The van der Waals surface area contributed by atoms with Gasteiger partial charge in [0.2, 0.25) is 0 Å². The molecule has 15 heavy (non-hydrogen) atoms. The minimum Gasteiger partial charge on any atom is -0.352 e. The van der Waals surface area contributed by atoms with Gasteiger partial charge < -0.3 is 5.32 Å². The molecule has 1 N–H and O–H groups in total. The molecule has 1 aromatic heterocycles. The van der Waals surface area contributed by atoms with E-state index in [4.69, 9.17) is 0 Å². The van der Waals surface area contributed by atoms with Crippen LogP contribution in [0.3, 0.4) is 0 Å². The summed E-state index contributed by atoms with van der Waals surface area (Å²) in [4.78, 5) is 19.8. The van der Waals surface area contributed by atoms with E-state index < -0.39 is 0 Å². The number of carbonyl (C=O) groups excluding carboxylic acids is 1. The molecular weight excluding hydrogens is 190 g/mol. The molecule has 0 aliphatic heterocycles. The Morgan fingerprint density at radius 1 is 1.47 bits per heavy atom. The normalized spacial score (nSPS) is 10.1. The molecule has 1 heterocycles. The highest BCUT2D eigenvalue weighted by Crippen LogP contribution is 2.03. The van der Waals surface area contributed by atoms with Crippen molar-refractivity contribution < 1.29 is 4.79 Å². The van der Waals surface area contributed by atoms with Gasteiger partial charge in [-0.2, -0.15) is 0 Å². The molecule has 1 rings (SSSR count). The van der Waals surface area contributed by atoms with Crippen LogP contribution in [0.2, 0.25) is 0 Å². The highest BCUT2D eigenvalue weighted by Gasteiger charge is 2.09. The number of nitrogens with zero attached hydrogens (tertiary/aromatic N) is 2. The van der Waals surface area contributed by atoms with E-state index in [1.807, 2.05) is 13.8 Å². The molecule has 0 saturated carbocycles. The van der Waals surface area contributed by atoms with Gasteiger partial charge in [0.15, 0.2) is 0 Å². The average molecular weight is 207 g/mol. The van der Waals surface area contributed by atoms with Crippen molar-refractivity contribution in [3.63, 3.8) is 0 Å². The second kappa shape index (κ2) is 5.44. The highest BCUT2D eigenvalue weighted by molar-refractivity contribution is 5.94. The van der Waals surface area contributed by atoms with Crippen LogP contribution in [0, 0.1) is 13.8 Å². The van der Waals surface area contributed by atoms with Gasteiger partial charge in [0.1, 0.15) is 5.82 Å². The number of aryl methyl sites for hydroxylation is 2. The van der Waals surface area contributed by atoms with E-state index in [1.54, 1.807) is 6.20 Å². The van der Waals surface area contributed by atoms with Gasteiger partial charge >= 0.3 is 0 Å². The average Bonchev–Trinajstić information content (AvgIpc) is 2.17. The van der Waals surface area contributed by atoms with Gasteiger partial charge in [0.05, 0.1) is 11.3 Å². The van der Waals surface area contributed by atoms with Gasteiger partial charge in [0, 0.05) is 12.7 Å². The number of amides is 1. The van der Waals surface area contributed by atoms with E-state index >= 15 is 0 Å². The molecule has 0 aromatic carbocycles. The summed E-state index contributed by atoms with van der Waals surface area (Å²) in [6, 6.07) is 0. The quantitative estimate of drug-likeness (QED) is 0.763. The topological polar surface area (TPSA) is 54.9 Å². The molecule has 1 amide bonds. The Kier molecular flexibility index (Phi) is 4.21. The first kappa shape index (κ1) is 11.6. The summed E-state index contributed by atoms with van der Waals surface area (Å²) in [5.74, 6) is 0.610. The summed E-state index contributed by atoms with van der Waals surface area (Å²) in [7, 11) is 0. The van der Waals surface area contributed by atoms with Crippen LogP contribution in [-0.4, -0.2) is 22.4 Å². The van der Waals surface area contributed by atoms with Gasteiger partial charge in [0.25, 0.3) is 5.91 Å². The summed E-state index contributed by atoms with van der Waals surface area (Å²) in [5, 5.41) is 2.84. The molecule has 0 aliphatic rings. The van der Waals surface area contributed by atoms with Crippen LogP contribution < -0.4 is 5.32 Å². The first-order valence-electron chi connectivity index (χ1n) is 5.23. The minimum absolute atomic E-state index is 0.0825. The lowest BCUT2D eigenvalue weighted by Crippen LogP contribution is -2.25. The predicted octanol–water partition coefficient (Wildman–Crippen LogP) is 1.62. The maximum absolute atomic E-state index is 11.7. The van der Waals surface area contributed by atoms with Crippen LogP contribution in [0.25, 0.3) is 0 Å². The van der Waals surface area contributed by atoms with Crippen molar-refractivity contribution in [3.05, 3.63) is 23.3 Å². The van der Waals surface area contributed by atoms with Crippen LogP contribution in [0.1, 0.15) is 41.6 Å². The number of hydrogen-bond acceptors (Lipinski definition) is 3.